The highest BCUT2D eigenvalue weighted by Crippen LogP contribution is 2.38. The monoisotopic (exact) mass is 221 g/mol. The Labute approximate surface area is 95.9 Å². The Balaban J connectivity index is 2.18. The van der Waals surface area contributed by atoms with E-state index in [1.165, 1.54) is 0 Å². The zero-order valence-corrected chi connectivity index (χ0v) is 9.61. The Hall–Kier alpha value is -1.13. The minimum atomic E-state index is -0.786. The van der Waals surface area contributed by atoms with E-state index in [4.69, 9.17) is 5.73 Å². The molecule has 0 spiro atoms. The summed E-state index contributed by atoms with van der Waals surface area (Å²) in [6.07, 6.45) is 6.78. The van der Waals surface area contributed by atoms with E-state index < -0.39 is 5.60 Å². The SMILES string of the molecule is CNC1CCC(O)(c2cnccc2N)CC1. The van der Waals surface area contributed by atoms with Gasteiger partial charge in [0.1, 0.15) is 0 Å². The van der Waals surface area contributed by atoms with Gasteiger partial charge in [-0.2, -0.15) is 0 Å². The van der Waals surface area contributed by atoms with E-state index in [0.717, 1.165) is 31.2 Å². The third-order valence-electron chi connectivity index (χ3n) is 3.58. The molecular weight excluding hydrogens is 202 g/mol. The van der Waals surface area contributed by atoms with E-state index in [-0.39, 0.29) is 0 Å². The van der Waals surface area contributed by atoms with Crippen molar-refractivity contribution in [3.63, 3.8) is 0 Å². The lowest BCUT2D eigenvalue weighted by Crippen LogP contribution is -2.38. The van der Waals surface area contributed by atoms with Crippen molar-refractivity contribution in [2.75, 3.05) is 12.8 Å². The van der Waals surface area contributed by atoms with Crippen molar-refractivity contribution in [3.8, 4) is 0 Å². The number of nitrogens with two attached hydrogens (primary N) is 1. The van der Waals surface area contributed by atoms with Gasteiger partial charge in [0.15, 0.2) is 0 Å². The molecule has 1 heterocycles. The molecule has 0 bridgehead atoms. The van der Waals surface area contributed by atoms with Gasteiger partial charge in [0.05, 0.1) is 5.60 Å². The number of nitrogens with zero attached hydrogens (tertiary/aromatic N) is 1. The molecule has 0 atom stereocenters. The number of aliphatic hydroxyl groups is 1. The predicted octanol–water partition coefficient (Wildman–Crippen LogP) is 1.01. The van der Waals surface area contributed by atoms with Gasteiger partial charge in [-0.3, -0.25) is 4.98 Å². The van der Waals surface area contributed by atoms with Gasteiger partial charge in [0.2, 0.25) is 0 Å². The van der Waals surface area contributed by atoms with Crippen LogP contribution in [0.15, 0.2) is 18.5 Å². The summed E-state index contributed by atoms with van der Waals surface area (Å²) in [5, 5.41) is 13.8. The van der Waals surface area contributed by atoms with Gasteiger partial charge in [-0.1, -0.05) is 0 Å². The lowest BCUT2D eigenvalue weighted by Gasteiger charge is -2.36. The first kappa shape index (κ1) is 11.4. The summed E-state index contributed by atoms with van der Waals surface area (Å²) in [6.45, 7) is 0. The highest BCUT2D eigenvalue weighted by atomic mass is 16.3. The molecule has 1 aliphatic carbocycles. The molecule has 0 unspecified atom stereocenters. The number of aromatic nitrogens is 1. The second-order valence-corrected chi connectivity index (χ2v) is 4.56. The van der Waals surface area contributed by atoms with E-state index in [1.807, 2.05) is 7.05 Å². The van der Waals surface area contributed by atoms with E-state index in [0.29, 0.717) is 11.7 Å². The smallest absolute Gasteiger partial charge is 0.0932 e. The highest BCUT2D eigenvalue weighted by Gasteiger charge is 2.35. The van der Waals surface area contributed by atoms with Gasteiger partial charge in [-0.15, -0.1) is 0 Å². The standard InChI is InChI=1S/C12H19N3O/c1-14-9-2-5-12(16,6-3-9)10-8-15-7-4-11(10)13/h4,7-9,14,16H,2-3,5-6H2,1H3,(H2,13,15). The van der Waals surface area contributed by atoms with Crippen LogP contribution in [-0.2, 0) is 5.60 Å². The predicted molar refractivity (Wildman–Crippen MR) is 63.9 cm³/mol. The number of nitrogen functional groups attached to an aromatic ring is 1. The average molecular weight is 221 g/mol. The fraction of sp³-hybridized carbons (Fsp3) is 0.583. The number of hydrogen-bond acceptors (Lipinski definition) is 4. The Morgan fingerprint density at radius 1 is 1.50 bits per heavy atom. The Kier molecular flexibility index (Phi) is 3.12. The van der Waals surface area contributed by atoms with Crippen LogP contribution in [0.2, 0.25) is 0 Å². The molecule has 1 aromatic heterocycles. The van der Waals surface area contributed by atoms with Crippen LogP contribution < -0.4 is 11.1 Å². The quantitative estimate of drug-likeness (QED) is 0.697. The molecular formula is C12H19N3O. The molecule has 88 valence electrons. The maximum Gasteiger partial charge on any atom is 0.0932 e. The summed E-state index contributed by atoms with van der Waals surface area (Å²) < 4.78 is 0. The van der Waals surface area contributed by atoms with E-state index in [2.05, 4.69) is 10.3 Å². The molecule has 2 rings (SSSR count). The molecule has 1 aliphatic rings. The van der Waals surface area contributed by atoms with Crippen molar-refractivity contribution in [1.82, 2.24) is 10.3 Å². The first-order valence-electron chi connectivity index (χ1n) is 5.75. The third kappa shape index (κ3) is 2.03. The minimum Gasteiger partial charge on any atom is -0.398 e. The maximum atomic E-state index is 10.6. The van der Waals surface area contributed by atoms with Crippen LogP contribution in [0.4, 0.5) is 5.69 Å². The van der Waals surface area contributed by atoms with E-state index in [1.54, 1.807) is 18.5 Å². The van der Waals surface area contributed by atoms with Crippen LogP contribution in [0.3, 0.4) is 0 Å². The Morgan fingerprint density at radius 3 is 2.75 bits per heavy atom. The van der Waals surface area contributed by atoms with Crippen LogP contribution >= 0.6 is 0 Å². The summed E-state index contributed by atoms with van der Waals surface area (Å²) in [7, 11) is 1.97. The van der Waals surface area contributed by atoms with Crippen molar-refractivity contribution >= 4 is 5.69 Å². The molecule has 4 nitrogen and oxygen atoms in total. The minimum absolute atomic E-state index is 0.512. The van der Waals surface area contributed by atoms with Crippen molar-refractivity contribution in [3.05, 3.63) is 24.0 Å². The fourth-order valence-corrected chi connectivity index (χ4v) is 2.45. The maximum absolute atomic E-state index is 10.6. The molecule has 0 aliphatic heterocycles. The first-order chi connectivity index (χ1) is 7.65. The lowest BCUT2D eigenvalue weighted by atomic mass is 9.78. The van der Waals surface area contributed by atoms with Crippen LogP contribution in [-0.4, -0.2) is 23.2 Å². The molecule has 0 aromatic carbocycles. The van der Waals surface area contributed by atoms with E-state index >= 15 is 0 Å². The van der Waals surface area contributed by atoms with Crippen molar-refractivity contribution in [2.45, 2.75) is 37.3 Å². The molecule has 0 saturated heterocycles. The number of rotatable bonds is 2. The number of pyridine rings is 1. The van der Waals surface area contributed by atoms with Crippen molar-refractivity contribution in [2.24, 2.45) is 0 Å². The van der Waals surface area contributed by atoms with Crippen LogP contribution in [0.1, 0.15) is 31.2 Å². The molecule has 4 N–H and O–H groups in total. The third-order valence-corrected chi connectivity index (χ3v) is 3.58. The summed E-state index contributed by atoms with van der Waals surface area (Å²) in [6, 6.07) is 2.26. The Morgan fingerprint density at radius 2 is 2.19 bits per heavy atom. The fourth-order valence-electron chi connectivity index (χ4n) is 2.45. The molecule has 16 heavy (non-hydrogen) atoms. The van der Waals surface area contributed by atoms with Gasteiger partial charge >= 0.3 is 0 Å². The molecule has 1 fully saturated rings. The summed E-state index contributed by atoms with van der Waals surface area (Å²) in [5.41, 5.74) is 6.52. The number of hydrogen-bond donors (Lipinski definition) is 3. The molecule has 1 aromatic rings. The van der Waals surface area contributed by atoms with Crippen LogP contribution in [0.25, 0.3) is 0 Å². The number of nitrogens with one attached hydrogen (secondary N) is 1. The van der Waals surface area contributed by atoms with Crippen molar-refractivity contribution < 1.29 is 5.11 Å². The average Bonchev–Trinajstić information content (AvgIpc) is 2.30. The van der Waals surface area contributed by atoms with Gasteiger partial charge in [-0.05, 0) is 38.8 Å². The van der Waals surface area contributed by atoms with Gasteiger partial charge in [0.25, 0.3) is 0 Å². The second kappa shape index (κ2) is 4.39. The van der Waals surface area contributed by atoms with Gasteiger partial charge in [0, 0.05) is 29.7 Å². The summed E-state index contributed by atoms with van der Waals surface area (Å²) in [5.74, 6) is 0. The van der Waals surface area contributed by atoms with Crippen LogP contribution in [0.5, 0.6) is 0 Å². The van der Waals surface area contributed by atoms with Gasteiger partial charge < -0.3 is 16.2 Å². The van der Waals surface area contributed by atoms with Gasteiger partial charge in [-0.25, -0.2) is 0 Å². The zero-order chi connectivity index (χ0) is 11.6. The topological polar surface area (TPSA) is 71.2 Å². The molecule has 1 saturated carbocycles. The summed E-state index contributed by atoms with van der Waals surface area (Å²) in [4.78, 5) is 4.05. The zero-order valence-electron chi connectivity index (χ0n) is 9.61. The largest absolute Gasteiger partial charge is 0.398 e. The normalized spacial score (nSPS) is 30.2. The van der Waals surface area contributed by atoms with Crippen LogP contribution in [0, 0.1) is 0 Å². The first-order valence-corrected chi connectivity index (χ1v) is 5.75. The van der Waals surface area contributed by atoms with Crippen molar-refractivity contribution in [1.29, 1.82) is 0 Å². The second-order valence-electron chi connectivity index (χ2n) is 4.56. The lowest BCUT2D eigenvalue weighted by molar-refractivity contribution is -0.00722. The van der Waals surface area contributed by atoms with E-state index in [9.17, 15) is 5.11 Å². The summed E-state index contributed by atoms with van der Waals surface area (Å²) >= 11 is 0. The highest BCUT2D eigenvalue weighted by molar-refractivity contribution is 5.47. The molecule has 0 radical (unpaired) electrons. The molecule has 4 heteroatoms. The molecule has 0 amide bonds. The Bertz CT molecular complexity index is 359. The number of anilines is 1.